The summed E-state index contributed by atoms with van der Waals surface area (Å²) in [5, 5.41) is 11.7. The molecule has 0 unspecified atom stereocenters. The first-order valence-corrected chi connectivity index (χ1v) is 6.87. The fourth-order valence-electron chi connectivity index (χ4n) is 1.83. The van der Waals surface area contributed by atoms with Gasteiger partial charge in [0, 0.05) is 6.07 Å². The minimum atomic E-state index is -0.586. The van der Waals surface area contributed by atoms with E-state index in [2.05, 4.69) is 5.32 Å². The summed E-state index contributed by atoms with van der Waals surface area (Å²) in [6.07, 6.45) is -0.586. The fourth-order valence-corrected chi connectivity index (χ4v) is 1.83. The van der Waals surface area contributed by atoms with E-state index in [1.165, 1.54) is 0 Å². The number of nitriles is 1. The maximum absolute atomic E-state index is 11.4. The number of ether oxygens (including phenoxy) is 2. The van der Waals surface area contributed by atoms with Crippen molar-refractivity contribution in [2.45, 2.75) is 13.5 Å². The number of anilines is 1. The molecule has 5 nitrogen and oxygen atoms in total. The van der Waals surface area contributed by atoms with Crippen molar-refractivity contribution in [2.24, 2.45) is 0 Å². The van der Waals surface area contributed by atoms with Crippen LogP contribution in [0.1, 0.15) is 18.1 Å². The number of nitrogens with one attached hydrogen (secondary N) is 1. The summed E-state index contributed by atoms with van der Waals surface area (Å²) in [5.74, 6) is 0.565. The Balaban J connectivity index is 2.05. The first-order valence-electron chi connectivity index (χ1n) is 6.87. The fraction of sp³-hybridized carbons (Fsp3) is 0.176. The molecule has 2 aromatic rings. The van der Waals surface area contributed by atoms with Crippen LogP contribution in [0.5, 0.6) is 5.75 Å². The number of nitrogens with zero attached hydrogens (tertiary/aromatic N) is 1. The lowest BCUT2D eigenvalue weighted by molar-refractivity contribution is 0.168. The van der Waals surface area contributed by atoms with Gasteiger partial charge in [0.2, 0.25) is 0 Å². The summed E-state index contributed by atoms with van der Waals surface area (Å²) >= 11 is 0. The lowest BCUT2D eigenvalue weighted by Gasteiger charge is -2.10. The zero-order valence-corrected chi connectivity index (χ0v) is 12.2. The van der Waals surface area contributed by atoms with Gasteiger partial charge in [-0.1, -0.05) is 30.3 Å². The molecule has 112 valence electrons. The first kappa shape index (κ1) is 15.4. The van der Waals surface area contributed by atoms with Crippen LogP contribution in [-0.2, 0) is 11.3 Å². The number of hydrogen-bond acceptors (Lipinski definition) is 4. The van der Waals surface area contributed by atoms with E-state index in [1.807, 2.05) is 36.4 Å². The molecule has 0 saturated carbocycles. The molecule has 0 fully saturated rings. The van der Waals surface area contributed by atoms with Crippen LogP contribution in [0.4, 0.5) is 10.5 Å². The smallest absolute Gasteiger partial charge is 0.411 e. The van der Waals surface area contributed by atoms with Crippen LogP contribution in [-0.4, -0.2) is 12.7 Å². The minimum Gasteiger partial charge on any atom is -0.489 e. The number of hydrogen-bond donors (Lipinski definition) is 1. The highest BCUT2D eigenvalue weighted by Gasteiger charge is 2.08. The van der Waals surface area contributed by atoms with Gasteiger partial charge in [-0.2, -0.15) is 5.26 Å². The maximum Gasteiger partial charge on any atom is 0.411 e. The van der Waals surface area contributed by atoms with E-state index >= 15 is 0 Å². The number of benzene rings is 2. The van der Waals surface area contributed by atoms with Gasteiger partial charge in [0.1, 0.15) is 18.4 Å². The largest absolute Gasteiger partial charge is 0.489 e. The molecular formula is C17H16N2O3. The number of carbonyl (C=O) groups excluding carboxylic acids is 1. The SMILES string of the molecule is CCOC(=O)Nc1ccc(OCc2ccccc2)cc1C#N. The molecule has 0 bridgehead atoms. The Morgan fingerprint density at radius 2 is 2.00 bits per heavy atom. The van der Waals surface area contributed by atoms with Gasteiger partial charge >= 0.3 is 6.09 Å². The van der Waals surface area contributed by atoms with Crippen LogP contribution in [0, 0.1) is 11.3 Å². The van der Waals surface area contributed by atoms with Gasteiger partial charge < -0.3 is 9.47 Å². The van der Waals surface area contributed by atoms with Gasteiger partial charge in [-0.05, 0) is 24.6 Å². The van der Waals surface area contributed by atoms with Crippen molar-refractivity contribution in [2.75, 3.05) is 11.9 Å². The molecule has 1 N–H and O–H groups in total. The predicted octanol–water partition coefficient (Wildman–Crippen LogP) is 3.71. The van der Waals surface area contributed by atoms with Crippen molar-refractivity contribution in [1.82, 2.24) is 0 Å². The van der Waals surface area contributed by atoms with Gasteiger partial charge in [0.05, 0.1) is 17.9 Å². The highest BCUT2D eigenvalue weighted by molar-refractivity contribution is 5.86. The third-order valence-corrected chi connectivity index (χ3v) is 2.87. The Morgan fingerprint density at radius 1 is 1.23 bits per heavy atom. The zero-order valence-electron chi connectivity index (χ0n) is 12.2. The topological polar surface area (TPSA) is 71.3 Å². The monoisotopic (exact) mass is 296 g/mol. The second-order valence-electron chi connectivity index (χ2n) is 4.44. The molecular weight excluding hydrogens is 280 g/mol. The average molecular weight is 296 g/mol. The molecule has 2 rings (SSSR count). The molecule has 0 aliphatic carbocycles. The molecule has 0 heterocycles. The van der Waals surface area contributed by atoms with Crippen LogP contribution in [0.2, 0.25) is 0 Å². The Kier molecular flexibility index (Phi) is 5.38. The van der Waals surface area contributed by atoms with Crippen molar-refractivity contribution in [3.63, 3.8) is 0 Å². The summed E-state index contributed by atoms with van der Waals surface area (Å²) in [7, 11) is 0. The Morgan fingerprint density at radius 3 is 2.68 bits per heavy atom. The summed E-state index contributed by atoms with van der Waals surface area (Å²) in [4.78, 5) is 11.4. The van der Waals surface area contributed by atoms with Crippen LogP contribution in [0.25, 0.3) is 0 Å². The van der Waals surface area contributed by atoms with E-state index in [-0.39, 0.29) is 6.61 Å². The van der Waals surface area contributed by atoms with Crippen molar-refractivity contribution >= 4 is 11.8 Å². The summed E-state index contributed by atoms with van der Waals surface area (Å²) in [6.45, 7) is 2.40. The van der Waals surface area contributed by atoms with E-state index < -0.39 is 6.09 Å². The van der Waals surface area contributed by atoms with Gasteiger partial charge in [-0.25, -0.2) is 4.79 Å². The van der Waals surface area contributed by atoms with Crippen LogP contribution in [0.3, 0.4) is 0 Å². The first-order chi connectivity index (χ1) is 10.7. The van der Waals surface area contributed by atoms with Gasteiger partial charge in [0.15, 0.2) is 0 Å². The normalized spacial score (nSPS) is 9.64. The van der Waals surface area contributed by atoms with Crippen LogP contribution < -0.4 is 10.1 Å². The quantitative estimate of drug-likeness (QED) is 0.913. The number of rotatable bonds is 5. The molecule has 0 spiro atoms. The van der Waals surface area contributed by atoms with Crippen LogP contribution >= 0.6 is 0 Å². The van der Waals surface area contributed by atoms with E-state index in [1.54, 1.807) is 25.1 Å². The maximum atomic E-state index is 11.4. The van der Waals surface area contributed by atoms with E-state index in [0.717, 1.165) is 5.56 Å². The molecule has 0 aromatic heterocycles. The van der Waals surface area contributed by atoms with Crippen molar-refractivity contribution in [1.29, 1.82) is 5.26 Å². The lowest BCUT2D eigenvalue weighted by Crippen LogP contribution is -2.14. The van der Waals surface area contributed by atoms with E-state index in [9.17, 15) is 10.1 Å². The minimum absolute atomic E-state index is 0.270. The predicted molar refractivity (Wildman–Crippen MR) is 82.6 cm³/mol. The molecule has 0 atom stereocenters. The van der Waals surface area contributed by atoms with E-state index in [0.29, 0.717) is 23.6 Å². The molecule has 1 amide bonds. The molecule has 0 aliphatic heterocycles. The van der Waals surface area contributed by atoms with Crippen molar-refractivity contribution < 1.29 is 14.3 Å². The molecule has 0 aliphatic rings. The van der Waals surface area contributed by atoms with E-state index in [4.69, 9.17) is 9.47 Å². The highest BCUT2D eigenvalue weighted by Crippen LogP contribution is 2.22. The Bertz CT molecular complexity index is 678. The number of carbonyl (C=O) groups is 1. The number of amides is 1. The second-order valence-corrected chi connectivity index (χ2v) is 4.44. The summed E-state index contributed by atoms with van der Waals surface area (Å²) in [5.41, 5.74) is 1.75. The second kappa shape index (κ2) is 7.70. The molecule has 0 radical (unpaired) electrons. The van der Waals surface area contributed by atoms with Gasteiger partial charge in [-0.15, -0.1) is 0 Å². The lowest BCUT2D eigenvalue weighted by atomic mass is 10.2. The Hall–Kier alpha value is -3.00. The van der Waals surface area contributed by atoms with Gasteiger partial charge in [-0.3, -0.25) is 5.32 Å². The third kappa shape index (κ3) is 4.25. The molecule has 2 aromatic carbocycles. The summed E-state index contributed by atoms with van der Waals surface area (Å²) in [6, 6.07) is 16.7. The highest BCUT2D eigenvalue weighted by atomic mass is 16.5. The third-order valence-electron chi connectivity index (χ3n) is 2.87. The van der Waals surface area contributed by atoms with Gasteiger partial charge in [0.25, 0.3) is 0 Å². The zero-order chi connectivity index (χ0) is 15.8. The molecule has 5 heteroatoms. The standard InChI is InChI=1S/C17H16N2O3/c1-2-21-17(20)19-16-9-8-15(10-14(16)11-18)22-12-13-6-4-3-5-7-13/h3-10H,2,12H2,1H3,(H,19,20). The Labute approximate surface area is 129 Å². The molecule has 0 saturated heterocycles. The molecule has 22 heavy (non-hydrogen) atoms. The van der Waals surface area contributed by atoms with Crippen molar-refractivity contribution in [3.05, 3.63) is 59.7 Å². The van der Waals surface area contributed by atoms with Crippen molar-refractivity contribution in [3.8, 4) is 11.8 Å². The average Bonchev–Trinajstić information content (AvgIpc) is 2.55. The van der Waals surface area contributed by atoms with Crippen LogP contribution in [0.15, 0.2) is 48.5 Å². The summed E-state index contributed by atoms with van der Waals surface area (Å²) < 4.78 is 10.4.